The van der Waals surface area contributed by atoms with Crippen molar-refractivity contribution in [3.8, 4) is 11.5 Å². The topological polar surface area (TPSA) is 76.7 Å². The van der Waals surface area contributed by atoms with Crippen molar-refractivity contribution >= 4 is 11.8 Å². The molecule has 2 amide bonds. The summed E-state index contributed by atoms with van der Waals surface area (Å²) in [6.07, 6.45) is 0.0571. The molecule has 32 heavy (non-hydrogen) atoms. The van der Waals surface area contributed by atoms with E-state index in [2.05, 4.69) is 10.6 Å². The second-order valence-electron chi connectivity index (χ2n) is 7.56. The zero-order valence-electron chi connectivity index (χ0n) is 18.5. The van der Waals surface area contributed by atoms with Crippen LogP contribution in [0.5, 0.6) is 11.5 Å². The maximum atomic E-state index is 12.7. The first-order valence-corrected chi connectivity index (χ1v) is 10.5. The van der Waals surface area contributed by atoms with Crippen molar-refractivity contribution in [3.63, 3.8) is 0 Å². The summed E-state index contributed by atoms with van der Waals surface area (Å²) >= 11 is 0. The molecule has 0 fully saturated rings. The zero-order valence-corrected chi connectivity index (χ0v) is 18.5. The molecule has 0 bridgehead atoms. The van der Waals surface area contributed by atoms with Gasteiger partial charge in [-0.2, -0.15) is 0 Å². The Morgan fingerprint density at radius 3 is 2.00 bits per heavy atom. The van der Waals surface area contributed by atoms with Crippen LogP contribution in [0.1, 0.15) is 41.4 Å². The molecule has 0 saturated carbocycles. The molecule has 2 N–H and O–H groups in total. The average Bonchev–Trinajstić information content (AvgIpc) is 2.82. The Kier molecular flexibility index (Phi) is 7.86. The van der Waals surface area contributed by atoms with Crippen molar-refractivity contribution in [2.75, 3.05) is 13.7 Å². The molecule has 0 aliphatic rings. The van der Waals surface area contributed by atoms with E-state index in [1.165, 1.54) is 0 Å². The Hall–Kier alpha value is -3.80. The van der Waals surface area contributed by atoms with Gasteiger partial charge in [0.2, 0.25) is 5.91 Å². The number of methoxy groups -OCH3 is 1. The monoisotopic (exact) mass is 432 g/mol. The summed E-state index contributed by atoms with van der Waals surface area (Å²) in [6, 6.07) is 23.7. The van der Waals surface area contributed by atoms with Crippen LogP contribution in [0, 0.1) is 0 Å². The Bertz CT molecular complexity index is 1020. The van der Waals surface area contributed by atoms with E-state index < -0.39 is 0 Å². The van der Waals surface area contributed by atoms with Crippen molar-refractivity contribution in [3.05, 3.63) is 95.6 Å². The van der Waals surface area contributed by atoms with E-state index in [9.17, 15) is 9.59 Å². The van der Waals surface area contributed by atoms with Crippen molar-refractivity contribution in [1.29, 1.82) is 0 Å². The smallest absolute Gasteiger partial charge is 0.251 e. The van der Waals surface area contributed by atoms with Gasteiger partial charge in [0, 0.05) is 5.56 Å². The van der Waals surface area contributed by atoms with Crippen LogP contribution in [0.15, 0.2) is 78.9 Å². The van der Waals surface area contributed by atoms with Gasteiger partial charge in [-0.05, 0) is 61.4 Å². The molecule has 3 rings (SSSR count). The summed E-state index contributed by atoms with van der Waals surface area (Å²) in [5.74, 6) is 0.822. The molecule has 0 aromatic heterocycles. The molecule has 0 radical (unpaired) electrons. The van der Waals surface area contributed by atoms with E-state index in [1.54, 1.807) is 31.4 Å². The molecule has 0 aliphatic heterocycles. The van der Waals surface area contributed by atoms with E-state index >= 15 is 0 Å². The Morgan fingerprint density at radius 1 is 0.812 bits per heavy atom. The third-order valence-electron chi connectivity index (χ3n) is 4.79. The van der Waals surface area contributed by atoms with Crippen molar-refractivity contribution in [2.45, 2.75) is 26.0 Å². The Balaban J connectivity index is 1.64. The average molecular weight is 433 g/mol. The molecule has 166 valence electrons. The number of nitrogens with one attached hydrogen (secondary N) is 2. The highest BCUT2D eigenvalue weighted by Gasteiger charge is 2.17. The quantitative estimate of drug-likeness (QED) is 0.533. The van der Waals surface area contributed by atoms with Crippen LogP contribution in [0.4, 0.5) is 0 Å². The molecule has 0 aliphatic carbocycles. The molecular formula is C26H28N2O4. The van der Waals surface area contributed by atoms with Crippen LogP contribution < -0.4 is 20.1 Å². The van der Waals surface area contributed by atoms with Gasteiger partial charge in [-0.25, -0.2) is 0 Å². The zero-order chi connectivity index (χ0) is 22.9. The molecule has 3 aromatic rings. The summed E-state index contributed by atoms with van der Waals surface area (Å²) in [4.78, 5) is 25.1. The van der Waals surface area contributed by atoms with Crippen LogP contribution in [0.2, 0.25) is 0 Å². The Labute approximate surface area is 188 Å². The van der Waals surface area contributed by atoms with Crippen LogP contribution in [-0.2, 0) is 4.79 Å². The lowest BCUT2D eigenvalue weighted by Gasteiger charge is -2.20. The van der Waals surface area contributed by atoms with Crippen molar-refractivity contribution < 1.29 is 19.1 Å². The first-order chi connectivity index (χ1) is 15.5. The molecule has 1 atom stereocenters. The molecule has 0 spiro atoms. The van der Waals surface area contributed by atoms with Crippen molar-refractivity contribution in [2.24, 2.45) is 0 Å². The van der Waals surface area contributed by atoms with Gasteiger partial charge in [0.15, 0.2) is 0 Å². The van der Waals surface area contributed by atoms with E-state index in [-0.39, 0.29) is 30.5 Å². The summed E-state index contributed by atoms with van der Waals surface area (Å²) in [5.41, 5.74) is 2.32. The first kappa shape index (κ1) is 22.9. The summed E-state index contributed by atoms with van der Waals surface area (Å²) in [6.45, 7) is 3.74. The first-order valence-electron chi connectivity index (χ1n) is 10.5. The number of hydrogen-bond donors (Lipinski definition) is 2. The largest absolute Gasteiger partial charge is 0.497 e. The van der Waals surface area contributed by atoms with E-state index in [4.69, 9.17) is 9.47 Å². The van der Waals surface area contributed by atoms with E-state index in [0.717, 1.165) is 16.9 Å². The predicted molar refractivity (Wildman–Crippen MR) is 124 cm³/mol. The third-order valence-corrected chi connectivity index (χ3v) is 4.79. The van der Waals surface area contributed by atoms with Gasteiger partial charge < -0.3 is 20.1 Å². The molecule has 1 unspecified atom stereocenters. The fraction of sp³-hybridized carbons (Fsp3) is 0.231. The van der Waals surface area contributed by atoms with Crippen LogP contribution in [0.25, 0.3) is 0 Å². The lowest BCUT2D eigenvalue weighted by atomic mass is 9.98. The van der Waals surface area contributed by atoms with Gasteiger partial charge in [0.05, 0.1) is 25.8 Å². The van der Waals surface area contributed by atoms with Gasteiger partial charge >= 0.3 is 0 Å². The maximum Gasteiger partial charge on any atom is 0.251 e. The van der Waals surface area contributed by atoms with Gasteiger partial charge in [-0.15, -0.1) is 0 Å². The summed E-state index contributed by atoms with van der Waals surface area (Å²) in [5, 5.41) is 5.68. The van der Waals surface area contributed by atoms with Crippen LogP contribution in [-0.4, -0.2) is 31.6 Å². The van der Waals surface area contributed by atoms with Gasteiger partial charge in [0.1, 0.15) is 11.5 Å². The molecule has 6 nitrogen and oxygen atoms in total. The molecule has 0 heterocycles. The van der Waals surface area contributed by atoms with Crippen LogP contribution in [0.3, 0.4) is 0 Å². The highest BCUT2D eigenvalue weighted by molar-refractivity contribution is 5.96. The maximum absolute atomic E-state index is 12.7. The fourth-order valence-electron chi connectivity index (χ4n) is 3.23. The second-order valence-corrected chi connectivity index (χ2v) is 7.56. The standard InChI is InChI=1S/C26H28N2O4/c1-18(2)32-23-15-11-21(12-16-23)26(30)27-17-24(29)28-25(19-7-5-4-6-8-19)20-9-13-22(31-3)14-10-20/h4-16,18,25H,17H2,1-3H3,(H,27,30)(H,28,29). The lowest BCUT2D eigenvalue weighted by molar-refractivity contribution is -0.120. The molecule has 6 heteroatoms. The number of carbonyl (C=O) groups excluding carboxylic acids is 2. The number of carbonyl (C=O) groups is 2. The number of hydrogen-bond acceptors (Lipinski definition) is 4. The lowest BCUT2D eigenvalue weighted by Crippen LogP contribution is -2.39. The summed E-state index contributed by atoms with van der Waals surface area (Å²) < 4.78 is 10.8. The highest BCUT2D eigenvalue weighted by atomic mass is 16.5. The third kappa shape index (κ3) is 6.35. The highest BCUT2D eigenvalue weighted by Crippen LogP contribution is 2.24. The Morgan fingerprint density at radius 2 is 1.41 bits per heavy atom. The number of amides is 2. The summed E-state index contributed by atoms with van der Waals surface area (Å²) in [7, 11) is 1.61. The van der Waals surface area contributed by atoms with E-state index in [0.29, 0.717) is 11.3 Å². The van der Waals surface area contributed by atoms with E-state index in [1.807, 2.05) is 68.4 Å². The second kappa shape index (κ2) is 11.0. The molecule has 3 aromatic carbocycles. The minimum Gasteiger partial charge on any atom is -0.497 e. The van der Waals surface area contributed by atoms with Gasteiger partial charge in [0.25, 0.3) is 5.91 Å². The fourth-order valence-corrected chi connectivity index (χ4v) is 3.23. The SMILES string of the molecule is COc1ccc(C(NC(=O)CNC(=O)c2ccc(OC(C)C)cc2)c2ccccc2)cc1. The minimum absolute atomic E-state index is 0.0571. The van der Waals surface area contributed by atoms with Crippen LogP contribution >= 0.6 is 0 Å². The van der Waals surface area contributed by atoms with Gasteiger partial charge in [-0.3, -0.25) is 9.59 Å². The van der Waals surface area contributed by atoms with Crippen molar-refractivity contribution in [1.82, 2.24) is 10.6 Å². The molecular weight excluding hydrogens is 404 g/mol. The number of rotatable bonds is 9. The minimum atomic E-state index is -0.348. The van der Waals surface area contributed by atoms with Gasteiger partial charge in [-0.1, -0.05) is 42.5 Å². The number of benzene rings is 3. The molecule has 0 saturated heterocycles. The number of ether oxygens (including phenoxy) is 2. The predicted octanol–water partition coefficient (Wildman–Crippen LogP) is 4.12. The normalized spacial score (nSPS) is 11.5.